The first-order valence-electron chi connectivity index (χ1n) is 3.36. The Morgan fingerprint density at radius 3 is 2.00 bits per heavy atom. The molecule has 0 heterocycles. The molecule has 0 aliphatic rings. The first-order valence-corrected chi connectivity index (χ1v) is 4.84. The first kappa shape index (κ1) is 17.0. The summed E-state index contributed by atoms with van der Waals surface area (Å²) >= 11 is 0. The molecule has 0 unspecified atom stereocenters. The van der Waals surface area contributed by atoms with Gasteiger partial charge in [-0.1, -0.05) is 0 Å². The third-order valence-electron chi connectivity index (χ3n) is 0.865. The number of hydrogen-bond acceptors (Lipinski definition) is 4. The number of ether oxygens (including phenoxy) is 1. The van der Waals surface area contributed by atoms with Gasteiger partial charge in [-0.2, -0.15) is 21.6 Å². The van der Waals surface area contributed by atoms with Crippen molar-refractivity contribution in [2.24, 2.45) is 0 Å². The van der Waals surface area contributed by atoms with Gasteiger partial charge in [0.25, 0.3) is 0 Å². The Hall–Kier alpha value is -0.393. The fourth-order valence-electron chi connectivity index (χ4n) is 0.406. The summed E-state index contributed by atoms with van der Waals surface area (Å²) in [4.78, 5) is 10.5. The molecule has 0 rings (SSSR count). The van der Waals surface area contributed by atoms with E-state index in [1.165, 1.54) is 13.8 Å². The molecule has 0 bridgehead atoms. The average molecular weight is 243 g/mol. The third kappa shape index (κ3) is 5.91. The van der Waals surface area contributed by atoms with Crippen LogP contribution in [0.3, 0.4) is 0 Å². The second-order valence-electron chi connectivity index (χ2n) is 2.51. The van der Waals surface area contributed by atoms with Crippen LogP contribution >= 0.6 is 0 Å². The van der Waals surface area contributed by atoms with Gasteiger partial charge in [-0.15, -0.1) is 0 Å². The van der Waals surface area contributed by atoms with E-state index in [2.05, 4.69) is 4.74 Å². The summed E-state index contributed by atoms with van der Waals surface area (Å²) in [7, 11) is -5.67. The Labute approximate surface area is 96.6 Å². The van der Waals surface area contributed by atoms with Crippen molar-refractivity contribution in [1.82, 2.24) is 4.72 Å². The Morgan fingerprint density at radius 2 is 1.73 bits per heavy atom. The maximum atomic E-state index is 11.7. The molecule has 1 amide bonds. The fraction of sp³-hybridized carbons (Fsp3) is 0.800. The van der Waals surface area contributed by atoms with Crippen LogP contribution in [0.2, 0.25) is 0 Å². The van der Waals surface area contributed by atoms with Crippen molar-refractivity contribution in [2.75, 3.05) is 0 Å². The summed E-state index contributed by atoms with van der Waals surface area (Å²) in [6.45, 7) is 2.72. The molecule has 0 aromatic heterocycles. The van der Waals surface area contributed by atoms with Crippen molar-refractivity contribution in [3.05, 3.63) is 0 Å². The number of amides is 1. The Morgan fingerprint density at radius 1 is 1.33 bits per heavy atom. The predicted octanol–water partition coefficient (Wildman–Crippen LogP) is 0.322. The van der Waals surface area contributed by atoms with Crippen molar-refractivity contribution in [2.45, 2.75) is 25.5 Å². The van der Waals surface area contributed by atoms with E-state index in [1.807, 2.05) is 0 Å². The van der Waals surface area contributed by atoms with Crippen LogP contribution < -0.4 is 4.72 Å². The molecule has 0 fully saturated rings. The Balaban J connectivity index is 0. The summed E-state index contributed by atoms with van der Waals surface area (Å²) in [6.07, 6.45) is -2.37. The van der Waals surface area contributed by atoms with E-state index in [9.17, 15) is 26.4 Å². The molecule has 0 aromatic rings. The standard InChI is InChI=1S/C5H8F3NO4S.Li.H/c1-3(2)13-4(10)9-14(11,12)5(6,7)8;;/h3H,1-2H3,(H,9,10);;. The minimum absolute atomic E-state index is 0. The van der Waals surface area contributed by atoms with Gasteiger partial charge in [-0.3, -0.25) is 0 Å². The van der Waals surface area contributed by atoms with E-state index in [-0.39, 0.29) is 18.9 Å². The van der Waals surface area contributed by atoms with Crippen LogP contribution in [0.5, 0.6) is 0 Å². The molecule has 0 spiro atoms. The minimum atomic E-state index is -5.67. The quantitative estimate of drug-likeness (QED) is 0.709. The summed E-state index contributed by atoms with van der Waals surface area (Å²) in [5.74, 6) is 0. The molecule has 1 N–H and O–H groups in total. The van der Waals surface area contributed by atoms with E-state index in [0.717, 1.165) is 0 Å². The van der Waals surface area contributed by atoms with Gasteiger partial charge in [0, 0.05) is 0 Å². The molecule has 0 aliphatic heterocycles. The number of alkyl halides is 3. The summed E-state index contributed by atoms with van der Waals surface area (Å²) < 4.78 is 60.5. The predicted molar refractivity (Wildman–Crippen MR) is 46.9 cm³/mol. The molecule has 15 heavy (non-hydrogen) atoms. The number of sulfonamides is 1. The fourth-order valence-corrected chi connectivity index (χ4v) is 0.789. The molecule has 5 nitrogen and oxygen atoms in total. The van der Waals surface area contributed by atoms with Crippen LogP contribution in [-0.4, -0.2) is 45.0 Å². The molecule has 0 saturated carbocycles. The third-order valence-corrected chi connectivity index (χ3v) is 1.91. The van der Waals surface area contributed by atoms with E-state index < -0.39 is 27.7 Å². The second kappa shape index (κ2) is 5.63. The van der Waals surface area contributed by atoms with Crippen LogP contribution in [0.1, 0.15) is 13.8 Å². The maximum absolute atomic E-state index is 11.7. The molecule has 86 valence electrons. The molecule has 0 atom stereocenters. The van der Waals surface area contributed by atoms with Gasteiger partial charge in [0.1, 0.15) is 0 Å². The van der Waals surface area contributed by atoms with Gasteiger partial charge in [0.15, 0.2) is 0 Å². The van der Waals surface area contributed by atoms with E-state index in [4.69, 9.17) is 0 Å². The molecule has 10 heteroatoms. The molecule has 0 saturated heterocycles. The Bertz CT molecular complexity index is 313. The molecular formula is C5H9F3LiNO4S. The Kier molecular flexibility index (Phi) is 6.38. The number of rotatable bonds is 2. The molecule has 0 radical (unpaired) electrons. The summed E-state index contributed by atoms with van der Waals surface area (Å²) in [5, 5.41) is 0. The number of carbonyl (C=O) groups is 1. The summed E-state index contributed by atoms with van der Waals surface area (Å²) in [6, 6.07) is 0. The van der Waals surface area contributed by atoms with Crippen molar-refractivity contribution in [3.8, 4) is 0 Å². The van der Waals surface area contributed by atoms with Crippen molar-refractivity contribution in [3.63, 3.8) is 0 Å². The zero-order chi connectivity index (χ0) is 11.6. The molecule has 0 aliphatic carbocycles. The van der Waals surface area contributed by atoms with Crippen molar-refractivity contribution < 1.29 is 31.1 Å². The van der Waals surface area contributed by atoms with Gasteiger partial charge in [0.05, 0.1) is 6.10 Å². The van der Waals surface area contributed by atoms with Crippen LogP contribution in [-0.2, 0) is 14.8 Å². The zero-order valence-corrected chi connectivity index (χ0v) is 8.07. The van der Waals surface area contributed by atoms with Crippen LogP contribution in [0.15, 0.2) is 0 Å². The first-order chi connectivity index (χ1) is 6.06. The van der Waals surface area contributed by atoms with Gasteiger partial charge >= 0.3 is 40.5 Å². The molecule has 0 aromatic carbocycles. The van der Waals surface area contributed by atoms with E-state index in [0.29, 0.717) is 4.72 Å². The topological polar surface area (TPSA) is 72.5 Å². The van der Waals surface area contributed by atoms with Crippen LogP contribution in [0, 0.1) is 0 Å². The van der Waals surface area contributed by atoms with Crippen LogP contribution in [0.25, 0.3) is 0 Å². The van der Waals surface area contributed by atoms with E-state index in [1.54, 1.807) is 0 Å². The zero-order valence-electron chi connectivity index (χ0n) is 7.25. The van der Waals surface area contributed by atoms with Gasteiger partial charge in [-0.25, -0.2) is 9.52 Å². The van der Waals surface area contributed by atoms with Gasteiger partial charge < -0.3 is 4.74 Å². The number of carbonyl (C=O) groups excluding carboxylic acids is 1. The van der Waals surface area contributed by atoms with Gasteiger partial charge in [0.2, 0.25) is 0 Å². The van der Waals surface area contributed by atoms with E-state index >= 15 is 0 Å². The second-order valence-corrected chi connectivity index (χ2v) is 4.18. The number of nitrogens with one attached hydrogen (secondary N) is 1. The normalized spacial score (nSPS) is 11.9. The SMILES string of the molecule is CC(C)OC(=O)NS(=O)(=O)C(F)(F)F.[LiH]. The average Bonchev–Trinajstić information content (AvgIpc) is 1.79. The van der Waals surface area contributed by atoms with Gasteiger partial charge in [-0.05, 0) is 13.8 Å². The van der Waals surface area contributed by atoms with Crippen LogP contribution in [0.4, 0.5) is 18.0 Å². The molecular weight excluding hydrogens is 234 g/mol. The van der Waals surface area contributed by atoms with Crippen molar-refractivity contribution in [1.29, 1.82) is 0 Å². The number of hydrogen-bond donors (Lipinski definition) is 1. The monoisotopic (exact) mass is 243 g/mol. The van der Waals surface area contributed by atoms with Crippen molar-refractivity contribution >= 4 is 35.0 Å². The summed E-state index contributed by atoms with van der Waals surface area (Å²) in [5.41, 5.74) is -5.52. The number of halogens is 3.